The molecule has 0 aliphatic carbocycles. The van der Waals surface area contributed by atoms with Gasteiger partial charge in [-0.15, -0.1) is 0 Å². The molecule has 0 atom stereocenters. The summed E-state index contributed by atoms with van der Waals surface area (Å²) in [6.45, 7) is 4.00. The molecular formula is C15H17N. The summed E-state index contributed by atoms with van der Waals surface area (Å²) < 4.78 is 0. The molecule has 0 amide bonds. The highest BCUT2D eigenvalue weighted by Crippen LogP contribution is 2.08. The lowest BCUT2D eigenvalue weighted by Gasteiger charge is -2.02. The van der Waals surface area contributed by atoms with Gasteiger partial charge in [0, 0.05) is 0 Å². The normalized spacial score (nSPS) is 8.88. The molecule has 0 unspecified atom stereocenters. The van der Waals surface area contributed by atoms with Crippen LogP contribution in [0.5, 0.6) is 0 Å². The van der Waals surface area contributed by atoms with Crippen LogP contribution < -0.4 is 0 Å². The molecule has 0 aliphatic heterocycles. The molecule has 82 valence electrons. The molecule has 1 heteroatoms. The summed E-state index contributed by atoms with van der Waals surface area (Å²) in [5.74, 6) is 0. The minimum absolute atomic E-state index is 0.575. The lowest BCUT2D eigenvalue weighted by molar-refractivity contribution is 1.46. The van der Waals surface area contributed by atoms with E-state index in [0.717, 1.165) is 11.1 Å². The first-order chi connectivity index (χ1) is 7.88. The van der Waals surface area contributed by atoms with E-state index >= 15 is 0 Å². The lowest BCUT2D eigenvalue weighted by Crippen LogP contribution is -1.99. The molecule has 0 heterocycles. The zero-order valence-electron chi connectivity index (χ0n) is 9.77. The van der Waals surface area contributed by atoms with E-state index in [4.69, 9.17) is 5.41 Å². The number of rotatable bonds is 2. The third-order valence-corrected chi connectivity index (χ3v) is 2.12. The van der Waals surface area contributed by atoms with Crippen LogP contribution in [0, 0.1) is 5.41 Å². The molecule has 16 heavy (non-hydrogen) atoms. The van der Waals surface area contributed by atoms with Crippen LogP contribution in [0.4, 0.5) is 0 Å². The van der Waals surface area contributed by atoms with Gasteiger partial charge in [0.05, 0.1) is 5.71 Å². The van der Waals surface area contributed by atoms with Gasteiger partial charge in [-0.25, -0.2) is 0 Å². The Bertz CT molecular complexity index is 376. The minimum Gasteiger partial charge on any atom is -0.300 e. The monoisotopic (exact) mass is 211 g/mol. The van der Waals surface area contributed by atoms with Crippen LogP contribution in [0.15, 0.2) is 60.7 Å². The first-order valence-electron chi connectivity index (χ1n) is 5.57. The van der Waals surface area contributed by atoms with E-state index in [2.05, 4.69) is 0 Å². The average Bonchev–Trinajstić information content (AvgIpc) is 2.42. The summed E-state index contributed by atoms with van der Waals surface area (Å²) in [7, 11) is 0. The minimum atomic E-state index is 0.575. The van der Waals surface area contributed by atoms with E-state index in [9.17, 15) is 0 Å². The maximum absolute atomic E-state index is 7.97. The number of hydrogen-bond donors (Lipinski definition) is 1. The maximum atomic E-state index is 7.97. The second-order valence-corrected chi connectivity index (χ2v) is 3.11. The molecule has 0 saturated carbocycles. The standard InChI is InChI=1S/C13H11N.C2H6/c14-13(11-7-3-1-4-8-11)12-9-5-2-6-10-12;1-2/h1-10,14H;1-2H3. The van der Waals surface area contributed by atoms with Crippen LogP contribution in [0.3, 0.4) is 0 Å². The SMILES string of the molecule is CC.N=C(c1ccccc1)c1ccccc1. The second-order valence-electron chi connectivity index (χ2n) is 3.11. The highest BCUT2D eigenvalue weighted by molar-refractivity contribution is 6.10. The van der Waals surface area contributed by atoms with Crippen LogP contribution in [0.25, 0.3) is 0 Å². The Hall–Kier alpha value is -1.89. The maximum Gasteiger partial charge on any atom is 0.0684 e. The molecule has 2 rings (SSSR count). The smallest absolute Gasteiger partial charge is 0.0684 e. The summed E-state index contributed by atoms with van der Waals surface area (Å²) in [6.07, 6.45) is 0. The van der Waals surface area contributed by atoms with Crippen molar-refractivity contribution >= 4 is 5.71 Å². The predicted molar refractivity (Wildman–Crippen MR) is 70.2 cm³/mol. The fourth-order valence-electron chi connectivity index (χ4n) is 1.38. The molecule has 0 fully saturated rings. The van der Waals surface area contributed by atoms with Crippen molar-refractivity contribution in [3.63, 3.8) is 0 Å². The van der Waals surface area contributed by atoms with Gasteiger partial charge in [0.15, 0.2) is 0 Å². The summed E-state index contributed by atoms with van der Waals surface area (Å²) in [6, 6.07) is 19.5. The molecule has 0 radical (unpaired) electrons. The van der Waals surface area contributed by atoms with Crippen molar-refractivity contribution in [1.29, 1.82) is 5.41 Å². The Morgan fingerprint density at radius 2 is 1.00 bits per heavy atom. The van der Waals surface area contributed by atoms with Crippen LogP contribution in [-0.2, 0) is 0 Å². The van der Waals surface area contributed by atoms with Crippen molar-refractivity contribution in [2.75, 3.05) is 0 Å². The van der Waals surface area contributed by atoms with Crippen LogP contribution in [0.2, 0.25) is 0 Å². The molecule has 2 aromatic rings. The van der Waals surface area contributed by atoms with Crippen molar-refractivity contribution in [1.82, 2.24) is 0 Å². The van der Waals surface area contributed by atoms with E-state index in [1.807, 2.05) is 74.5 Å². The van der Waals surface area contributed by atoms with E-state index < -0.39 is 0 Å². The van der Waals surface area contributed by atoms with Gasteiger partial charge >= 0.3 is 0 Å². The van der Waals surface area contributed by atoms with Gasteiger partial charge in [0.25, 0.3) is 0 Å². The Morgan fingerprint density at radius 3 is 1.31 bits per heavy atom. The van der Waals surface area contributed by atoms with E-state index in [-0.39, 0.29) is 0 Å². The Kier molecular flexibility index (Phi) is 5.00. The van der Waals surface area contributed by atoms with Crippen LogP contribution >= 0.6 is 0 Å². The van der Waals surface area contributed by atoms with Gasteiger partial charge in [-0.05, 0) is 11.1 Å². The van der Waals surface area contributed by atoms with Gasteiger partial charge in [-0.3, -0.25) is 5.41 Å². The van der Waals surface area contributed by atoms with Crippen molar-refractivity contribution < 1.29 is 0 Å². The highest BCUT2D eigenvalue weighted by Gasteiger charge is 2.01. The second kappa shape index (κ2) is 6.57. The fraction of sp³-hybridized carbons (Fsp3) is 0.133. The molecule has 1 nitrogen and oxygen atoms in total. The van der Waals surface area contributed by atoms with Crippen molar-refractivity contribution in [3.8, 4) is 0 Å². The largest absolute Gasteiger partial charge is 0.300 e. The van der Waals surface area contributed by atoms with Crippen molar-refractivity contribution in [2.24, 2.45) is 0 Å². The molecular weight excluding hydrogens is 194 g/mol. The van der Waals surface area contributed by atoms with Gasteiger partial charge in [-0.1, -0.05) is 74.5 Å². The van der Waals surface area contributed by atoms with E-state index in [1.54, 1.807) is 0 Å². The number of nitrogens with one attached hydrogen (secondary N) is 1. The average molecular weight is 211 g/mol. The molecule has 2 aromatic carbocycles. The van der Waals surface area contributed by atoms with E-state index in [1.165, 1.54) is 0 Å². The number of benzene rings is 2. The molecule has 0 bridgehead atoms. The van der Waals surface area contributed by atoms with Crippen molar-refractivity contribution in [2.45, 2.75) is 13.8 Å². The molecule has 1 N–H and O–H groups in total. The van der Waals surface area contributed by atoms with Gasteiger partial charge < -0.3 is 0 Å². The molecule has 0 saturated heterocycles. The zero-order chi connectivity index (χ0) is 11.8. The molecule has 0 spiro atoms. The fourth-order valence-corrected chi connectivity index (χ4v) is 1.38. The molecule has 0 aliphatic rings. The summed E-state index contributed by atoms with van der Waals surface area (Å²) >= 11 is 0. The number of hydrogen-bond acceptors (Lipinski definition) is 1. The summed E-state index contributed by atoms with van der Waals surface area (Å²) in [5.41, 5.74) is 2.49. The quantitative estimate of drug-likeness (QED) is 0.722. The highest BCUT2D eigenvalue weighted by atomic mass is 14.4. The Morgan fingerprint density at radius 1 is 0.688 bits per heavy atom. The predicted octanol–water partition coefficient (Wildman–Crippen LogP) is 4.13. The Labute approximate surface area is 97.3 Å². The first kappa shape index (κ1) is 12.2. The van der Waals surface area contributed by atoms with Gasteiger partial charge in [0.2, 0.25) is 0 Å². The Balaban J connectivity index is 0.000000606. The third-order valence-electron chi connectivity index (χ3n) is 2.12. The van der Waals surface area contributed by atoms with E-state index in [0.29, 0.717) is 5.71 Å². The summed E-state index contributed by atoms with van der Waals surface area (Å²) in [5, 5.41) is 7.97. The third kappa shape index (κ3) is 3.06. The van der Waals surface area contributed by atoms with Gasteiger partial charge in [0.1, 0.15) is 0 Å². The topological polar surface area (TPSA) is 23.9 Å². The first-order valence-corrected chi connectivity index (χ1v) is 5.57. The van der Waals surface area contributed by atoms with Gasteiger partial charge in [-0.2, -0.15) is 0 Å². The lowest BCUT2D eigenvalue weighted by atomic mass is 10.0. The summed E-state index contributed by atoms with van der Waals surface area (Å²) in [4.78, 5) is 0. The zero-order valence-corrected chi connectivity index (χ0v) is 9.77. The van der Waals surface area contributed by atoms with Crippen molar-refractivity contribution in [3.05, 3.63) is 71.8 Å². The van der Waals surface area contributed by atoms with Crippen LogP contribution in [-0.4, -0.2) is 5.71 Å². The van der Waals surface area contributed by atoms with Crippen LogP contribution in [0.1, 0.15) is 25.0 Å². The molecule has 0 aromatic heterocycles.